The molecular weight excluding hydrogens is 330 g/mol. The molecule has 0 amide bonds. The number of halogens is 2. The molecule has 2 aromatic rings. The van der Waals surface area contributed by atoms with Gasteiger partial charge in [-0.3, -0.25) is 5.41 Å². The summed E-state index contributed by atoms with van der Waals surface area (Å²) >= 11 is 9.23. The molecular formula is C13H11BrClN3O. The van der Waals surface area contributed by atoms with Gasteiger partial charge in [0, 0.05) is 11.2 Å². The van der Waals surface area contributed by atoms with Crippen LogP contribution in [-0.2, 0) is 0 Å². The minimum atomic E-state index is -0.0781. The number of aryl methyl sites for hydroxylation is 1. The first kappa shape index (κ1) is 13.8. The Balaban J connectivity index is 2.44. The smallest absolute Gasteiger partial charge is 0.230 e. The lowest BCUT2D eigenvalue weighted by molar-refractivity contribution is 0.458. The average Bonchev–Trinajstić information content (AvgIpc) is 2.32. The van der Waals surface area contributed by atoms with Crippen LogP contribution in [0.25, 0.3) is 0 Å². The monoisotopic (exact) mass is 339 g/mol. The van der Waals surface area contributed by atoms with Gasteiger partial charge >= 0.3 is 0 Å². The molecule has 0 saturated heterocycles. The summed E-state index contributed by atoms with van der Waals surface area (Å²) in [5.41, 5.74) is 6.89. The van der Waals surface area contributed by atoms with Crippen LogP contribution < -0.4 is 10.5 Å². The zero-order valence-electron chi connectivity index (χ0n) is 10.1. The fourth-order valence-corrected chi connectivity index (χ4v) is 2.36. The van der Waals surface area contributed by atoms with Gasteiger partial charge < -0.3 is 10.5 Å². The molecule has 0 aliphatic rings. The van der Waals surface area contributed by atoms with E-state index in [1.807, 2.05) is 6.92 Å². The molecule has 4 nitrogen and oxygen atoms in total. The van der Waals surface area contributed by atoms with Crippen LogP contribution in [0.5, 0.6) is 11.6 Å². The molecule has 6 heteroatoms. The second-order valence-electron chi connectivity index (χ2n) is 3.90. The third-order valence-corrected chi connectivity index (χ3v) is 3.35. The molecule has 0 aliphatic heterocycles. The molecule has 1 aromatic heterocycles. The molecule has 0 bridgehead atoms. The maximum Gasteiger partial charge on any atom is 0.230 e. The molecule has 98 valence electrons. The lowest BCUT2D eigenvalue weighted by Gasteiger charge is -2.12. The lowest BCUT2D eigenvalue weighted by Crippen LogP contribution is -2.14. The average molecular weight is 341 g/mol. The topological polar surface area (TPSA) is 72.0 Å². The largest absolute Gasteiger partial charge is 0.437 e. The van der Waals surface area contributed by atoms with E-state index in [1.54, 1.807) is 30.5 Å². The fraction of sp³-hybridized carbons (Fsp3) is 0.0769. The van der Waals surface area contributed by atoms with Crippen LogP contribution in [0.2, 0.25) is 5.02 Å². The number of hydrogen-bond acceptors (Lipinski definition) is 3. The van der Waals surface area contributed by atoms with Gasteiger partial charge in [-0.1, -0.05) is 11.6 Å². The number of nitrogens with zero attached hydrogens (tertiary/aromatic N) is 1. The van der Waals surface area contributed by atoms with Crippen LogP contribution in [0.1, 0.15) is 11.1 Å². The number of benzene rings is 1. The van der Waals surface area contributed by atoms with Crippen molar-refractivity contribution in [2.45, 2.75) is 6.92 Å². The maximum atomic E-state index is 7.60. The highest BCUT2D eigenvalue weighted by molar-refractivity contribution is 9.10. The normalized spacial score (nSPS) is 10.3. The maximum absolute atomic E-state index is 7.60. The van der Waals surface area contributed by atoms with E-state index in [0.29, 0.717) is 26.7 Å². The molecule has 2 rings (SSSR count). The fourth-order valence-electron chi connectivity index (χ4n) is 1.60. The van der Waals surface area contributed by atoms with Crippen molar-refractivity contribution in [3.05, 3.63) is 51.1 Å². The summed E-state index contributed by atoms with van der Waals surface area (Å²) in [7, 11) is 0. The van der Waals surface area contributed by atoms with E-state index >= 15 is 0 Å². The molecule has 3 N–H and O–H groups in total. The number of amidine groups is 1. The Morgan fingerprint density at radius 3 is 2.79 bits per heavy atom. The zero-order valence-corrected chi connectivity index (χ0v) is 12.4. The van der Waals surface area contributed by atoms with Crippen LogP contribution in [0, 0.1) is 12.3 Å². The summed E-state index contributed by atoms with van der Waals surface area (Å²) < 4.78 is 6.41. The SMILES string of the molecule is Cc1ccnc(Oc2ccc(Cl)cc2Br)c1C(=N)N. The quantitative estimate of drug-likeness (QED) is 0.658. The van der Waals surface area contributed by atoms with Crippen molar-refractivity contribution in [1.29, 1.82) is 5.41 Å². The lowest BCUT2D eigenvalue weighted by atomic mass is 10.1. The summed E-state index contributed by atoms with van der Waals surface area (Å²) in [4.78, 5) is 4.12. The number of nitrogens with one attached hydrogen (secondary N) is 1. The third-order valence-electron chi connectivity index (χ3n) is 2.49. The predicted octanol–water partition coefficient (Wildman–Crippen LogP) is 3.88. The summed E-state index contributed by atoms with van der Waals surface area (Å²) in [6, 6.07) is 6.94. The number of nitrogens with two attached hydrogens (primary N) is 1. The van der Waals surface area contributed by atoms with Gasteiger partial charge in [0.05, 0.1) is 10.0 Å². The highest BCUT2D eigenvalue weighted by Gasteiger charge is 2.13. The number of rotatable bonds is 3. The van der Waals surface area contributed by atoms with Crippen LogP contribution >= 0.6 is 27.5 Å². The Morgan fingerprint density at radius 1 is 1.42 bits per heavy atom. The Hall–Kier alpha value is -1.59. The summed E-state index contributed by atoms with van der Waals surface area (Å²) in [5.74, 6) is 0.784. The van der Waals surface area contributed by atoms with E-state index in [-0.39, 0.29) is 5.84 Å². The zero-order chi connectivity index (χ0) is 14.0. The molecule has 1 aromatic carbocycles. The van der Waals surface area contributed by atoms with Crippen molar-refractivity contribution in [3.8, 4) is 11.6 Å². The van der Waals surface area contributed by atoms with Gasteiger partial charge in [-0.15, -0.1) is 0 Å². The second kappa shape index (κ2) is 5.59. The molecule has 0 unspecified atom stereocenters. The highest BCUT2D eigenvalue weighted by atomic mass is 79.9. The van der Waals surface area contributed by atoms with Gasteiger partial charge in [0.25, 0.3) is 0 Å². The molecule has 0 fully saturated rings. The van der Waals surface area contributed by atoms with Crippen LogP contribution in [0.3, 0.4) is 0 Å². The van der Waals surface area contributed by atoms with Gasteiger partial charge in [0.1, 0.15) is 11.6 Å². The van der Waals surface area contributed by atoms with Crippen molar-refractivity contribution in [2.75, 3.05) is 0 Å². The first-order valence-corrected chi connectivity index (χ1v) is 6.59. The van der Waals surface area contributed by atoms with E-state index in [4.69, 9.17) is 27.5 Å². The van der Waals surface area contributed by atoms with Crippen LogP contribution in [0.15, 0.2) is 34.9 Å². The number of ether oxygens (including phenoxy) is 1. The minimum Gasteiger partial charge on any atom is -0.437 e. The van der Waals surface area contributed by atoms with Gasteiger partial charge in [-0.25, -0.2) is 4.98 Å². The van der Waals surface area contributed by atoms with E-state index < -0.39 is 0 Å². The van der Waals surface area contributed by atoms with Gasteiger partial charge in [0.15, 0.2) is 0 Å². The number of pyridine rings is 1. The molecule has 0 aliphatic carbocycles. The molecule has 19 heavy (non-hydrogen) atoms. The standard InChI is InChI=1S/C13H11BrClN3O/c1-7-4-5-18-13(11(7)12(16)17)19-10-3-2-8(15)6-9(10)14/h2-6H,1H3,(H3,16,17). The predicted molar refractivity (Wildman–Crippen MR) is 79.2 cm³/mol. The van der Waals surface area contributed by atoms with Crippen molar-refractivity contribution >= 4 is 33.4 Å². The number of nitrogen functional groups attached to an aromatic ring is 1. The second-order valence-corrected chi connectivity index (χ2v) is 5.19. The molecule has 0 radical (unpaired) electrons. The van der Waals surface area contributed by atoms with E-state index in [9.17, 15) is 0 Å². The van der Waals surface area contributed by atoms with E-state index in [0.717, 1.165) is 5.56 Å². The molecule has 0 saturated carbocycles. The Labute approximate surface area is 124 Å². The number of aromatic nitrogens is 1. The van der Waals surface area contributed by atoms with Gasteiger partial charge in [-0.05, 0) is 52.7 Å². The Morgan fingerprint density at radius 2 is 2.16 bits per heavy atom. The first-order valence-electron chi connectivity index (χ1n) is 5.42. The van der Waals surface area contributed by atoms with Crippen LogP contribution in [0.4, 0.5) is 0 Å². The van der Waals surface area contributed by atoms with Crippen molar-refractivity contribution in [2.24, 2.45) is 5.73 Å². The Bertz CT molecular complexity index is 646. The molecule has 1 heterocycles. The van der Waals surface area contributed by atoms with Crippen molar-refractivity contribution in [1.82, 2.24) is 4.98 Å². The molecule has 0 spiro atoms. The Kier molecular flexibility index (Phi) is 4.07. The molecule has 0 atom stereocenters. The van der Waals surface area contributed by atoms with E-state index in [2.05, 4.69) is 20.9 Å². The van der Waals surface area contributed by atoms with E-state index in [1.165, 1.54) is 0 Å². The first-order chi connectivity index (χ1) is 8.99. The van der Waals surface area contributed by atoms with Gasteiger partial charge in [0.2, 0.25) is 5.88 Å². The summed E-state index contributed by atoms with van der Waals surface area (Å²) in [5, 5.41) is 8.20. The minimum absolute atomic E-state index is 0.0781. The highest BCUT2D eigenvalue weighted by Crippen LogP contribution is 2.32. The number of hydrogen-bond donors (Lipinski definition) is 2. The summed E-state index contributed by atoms with van der Waals surface area (Å²) in [6.07, 6.45) is 1.61. The van der Waals surface area contributed by atoms with Gasteiger partial charge in [-0.2, -0.15) is 0 Å². The van der Waals surface area contributed by atoms with Crippen molar-refractivity contribution < 1.29 is 4.74 Å². The van der Waals surface area contributed by atoms with Crippen LogP contribution in [-0.4, -0.2) is 10.8 Å². The third kappa shape index (κ3) is 3.05. The van der Waals surface area contributed by atoms with Crippen molar-refractivity contribution in [3.63, 3.8) is 0 Å². The summed E-state index contributed by atoms with van der Waals surface area (Å²) in [6.45, 7) is 1.85.